The average Bonchev–Trinajstić information content (AvgIpc) is 3.28. The molecule has 2 heterocycles. The Morgan fingerprint density at radius 1 is 1.24 bits per heavy atom. The fourth-order valence-electron chi connectivity index (χ4n) is 2.56. The molecule has 1 amide bonds. The number of thiazole rings is 1. The van der Waals surface area contributed by atoms with Crippen LogP contribution in [-0.4, -0.2) is 36.4 Å². The van der Waals surface area contributed by atoms with Gasteiger partial charge in [0, 0.05) is 17.5 Å². The first-order valence-corrected chi connectivity index (χ1v) is 8.98. The zero-order valence-corrected chi connectivity index (χ0v) is 15.1. The number of hydrogen-bond acceptors (Lipinski definition) is 5. The molecular formula is C19H21N3O2S. The first-order valence-electron chi connectivity index (χ1n) is 8.10. The highest BCUT2D eigenvalue weighted by molar-refractivity contribution is 7.13. The summed E-state index contributed by atoms with van der Waals surface area (Å²) in [5.41, 5.74) is 1.87. The van der Waals surface area contributed by atoms with E-state index in [4.69, 9.17) is 4.42 Å². The van der Waals surface area contributed by atoms with E-state index in [1.54, 1.807) is 17.6 Å². The molecule has 0 fully saturated rings. The molecule has 3 rings (SSSR count). The van der Waals surface area contributed by atoms with Crippen LogP contribution in [-0.2, 0) is 11.2 Å². The Balaban J connectivity index is 1.57. The van der Waals surface area contributed by atoms with Gasteiger partial charge in [0.1, 0.15) is 10.8 Å². The van der Waals surface area contributed by atoms with Crippen LogP contribution in [0, 0.1) is 0 Å². The van der Waals surface area contributed by atoms with Gasteiger partial charge in [0.05, 0.1) is 24.4 Å². The van der Waals surface area contributed by atoms with E-state index >= 15 is 0 Å². The van der Waals surface area contributed by atoms with Crippen LogP contribution in [0.5, 0.6) is 0 Å². The molecule has 1 unspecified atom stereocenters. The van der Waals surface area contributed by atoms with Crippen LogP contribution in [0.3, 0.4) is 0 Å². The number of aromatic nitrogens is 1. The zero-order chi connectivity index (χ0) is 17.6. The summed E-state index contributed by atoms with van der Waals surface area (Å²) in [5.74, 6) is 0.800. The lowest BCUT2D eigenvalue weighted by Gasteiger charge is -2.22. The van der Waals surface area contributed by atoms with E-state index in [1.165, 1.54) is 0 Å². The Hall–Kier alpha value is -2.44. The van der Waals surface area contributed by atoms with Crippen LogP contribution in [0.25, 0.3) is 10.6 Å². The van der Waals surface area contributed by atoms with Crippen LogP contribution < -0.4 is 5.32 Å². The van der Waals surface area contributed by atoms with Gasteiger partial charge in [-0.15, -0.1) is 11.3 Å². The molecule has 3 aromatic rings. The molecule has 0 saturated carbocycles. The predicted molar refractivity (Wildman–Crippen MR) is 99.4 cm³/mol. The number of carbonyl (C=O) groups is 1. The van der Waals surface area contributed by atoms with Gasteiger partial charge in [0.15, 0.2) is 0 Å². The second-order valence-corrected chi connectivity index (χ2v) is 6.84. The standard InChI is InChI=1S/C19H21N3O2S/c1-22(2)16(17-9-6-10-24-17)12-20-18(23)11-15-13-25-19(21-15)14-7-4-3-5-8-14/h3-10,13,16H,11-12H2,1-2H3,(H,20,23). The molecular weight excluding hydrogens is 334 g/mol. The minimum Gasteiger partial charge on any atom is -0.468 e. The number of amides is 1. The smallest absolute Gasteiger partial charge is 0.226 e. The third-order valence-electron chi connectivity index (χ3n) is 3.90. The van der Waals surface area contributed by atoms with Crippen LogP contribution in [0.4, 0.5) is 0 Å². The Labute approximate surface area is 151 Å². The van der Waals surface area contributed by atoms with Gasteiger partial charge in [0.2, 0.25) is 5.91 Å². The minimum absolute atomic E-state index is 0.00858. The summed E-state index contributed by atoms with van der Waals surface area (Å²) in [4.78, 5) is 18.8. The van der Waals surface area contributed by atoms with Gasteiger partial charge >= 0.3 is 0 Å². The minimum atomic E-state index is -0.0386. The van der Waals surface area contributed by atoms with Crippen LogP contribution >= 0.6 is 11.3 Å². The monoisotopic (exact) mass is 355 g/mol. The first kappa shape index (κ1) is 17.4. The highest BCUT2D eigenvalue weighted by Gasteiger charge is 2.18. The Morgan fingerprint density at radius 2 is 2.04 bits per heavy atom. The molecule has 0 saturated heterocycles. The molecule has 1 N–H and O–H groups in total. The van der Waals surface area contributed by atoms with E-state index in [-0.39, 0.29) is 18.4 Å². The molecule has 1 atom stereocenters. The fourth-order valence-corrected chi connectivity index (χ4v) is 3.38. The van der Waals surface area contributed by atoms with E-state index in [0.717, 1.165) is 22.0 Å². The molecule has 0 spiro atoms. The summed E-state index contributed by atoms with van der Waals surface area (Å²) in [6.45, 7) is 0.495. The van der Waals surface area contributed by atoms with Crippen molar-refractivity contribution in [2.75, 3.05) is 20.6 Å². The van der Waals surface area contributed by atoms with Gasteiger partial charge in [-0.2, -0.15) is 0 Å². The highest BCUT2D eigenvalue weighted by atomic mass is 32.1. The van der Waals surface area contributed by atoms with E-state index in [2.05, 4.69) is 10.3 Å². The van der Waals surface area contributed by atoms with Gasteiger partial charge in [-0.1, -0.05) is 30.3 Å². The van der Waals surface area contributed by atoms with Crippen molar-refractivity contribution in [1.29, 1.82) is 0 Å². The maximum absolute atomic E-state index is 12.3. The van der Waals surface area contributed by atoms with Gasteiger partial charge in [0.25, 0.3) is 0 Å². The first-order chi connectivity index (χ1) is 12.1. The molecule has 0 aliphatic heterocycles. The second kappa shape index (κ2) is 8.09. The third-order valence-corrected chi connectivity index (χ3v) is 4.84. The number of carbonyl (C=O) groups excluding carboxylic acids is 1. The van der Waals surface area contributed by atoms with E-state index < -0.39 is 0 Å². The molecule has 25 heavy (non-hydrogen) atoms. The number of nitrogens with zero attached hydrogens (tertiary/aromatic N) is 2. The number of rotatable bonds is 7. The van der Waals surface area contributed by atoms with E-state index in [0.29, 0.717) is 6.54 Å². The molecule has 5 nitrogen and oxygen atoms in total. The lowest BCUT2D eigenvalue weighted by molar-refractivity contribution is -0.120. The summed E-state index contributed by atoms with van der Waals surface area (Å²) >= 11 is 1.56. The van der Waals surface area contributed by atoms with E-state index in [1.807, 2.05) is 66.8 Å². The molecule has 0 bridgehead atoms. The van der Waals surface area contributed by atoms with Crippen LogP contribution in [0.1, 0.15) is 17.5 Å². The van der Waals surface area contributed by atoms with Crippen molar-refractivity contribution in [3.8, 4) is 10.6 Å². The van der Waals surface area contributed by atoms with Gasteiger partial charge < -0.3 is 9.73 Å². The summed E-state index contributed by atoms with van der Waals surface area (Å²) < 4.78 is 5.46. The van der Waals surface area contributed by atoms with Crippen molar-refractivity contribution in [3.05, 3.63) is 65.6 Å². The Kier molecular flexibility index (Phi) is 5.63. The number of hydrogen-bond donors (Lipinski definition) is 1. The summed E-state index contributed by atoms with van der Waals surface area (Å²) in [6, 6.07) is 13.8. The highest BCUT2D eigenvalue weighted by Crippen LogP contribution is 2.23. The fraction of sp³-hybridized carbons (Fsp3) is 0.263. The number of furan rings is 1. The topological polar surface area (TPSA) is 58.4 Å². The van der Waals surface area contributed by atoms with E-state index in [9.17, 15) is 4.79 Å². The molecule has 130 valence electrons. The van der Waals surface area contributed by atoms with Crippen molar-refractivity contribution in [3.63, 3.8) is 0 Å². The number of nitrogens with one attached hydrogen (secondary N) is 1. The van der Waals surface area contributed by atoms with Crippen LogP contribution in [0.2, 0.25) is 0 Å². The molecule has 2 aromatic heterocycles. The van der Waals surface area contributed by atoms with Crippen molar-refractivity contribution < 1.29 is 9.21 Å². The number of likely N-dealkylation sites (N-methyl/N-ethyl adjacent to an activating group) is 1. The molecule has 1 aromatic carbocycles. The molecule has 0 aliphatic carbocycles. The molecule has 0 aliphatic rings. The molecule has 0 radical (unpaired) electrons. The second-order valence-electron chi connectivity index (χ2n) is 5.99. The van der Waals surface area contributed by atoms with Crippen molar-refractivity contribution in [1.82, 2.24) is 15.2 Å². The summed E-state index contributed by atoms with van der Waals surface area (Å²) in [7, 11) is 3.93. The van der Waals surface area contributed by atoms with Gasteiger partial charge in [-0.3, -0.25) is 9.69 Å². The lowest BCUT2D eigenvalue weighted by Crippen LogP contribution is -2.35. The van der Waals surface area contributed by atoms with Gasteiger partial charge in [-0.05, 0) is 26.2 Å². The lowest BCUT2D eigenvalue weighted by atomic mass is 10.2. The normalized spacial score (nSPS) is 12.3. The SMILES string of the molecule is CN(C)C(CNC(=O)Cc1csc(-c2ccccc2)n1)c1ccco1. The number of benzene rings is 1. The largest absolute Gasteiger partial charge is 0.468 e. The Bertz CT molecular complexity index is 797. The van der Waals surface area contributed by atoms with Crippen molar-refractivity contribution >= 4 is 17.2 Å². The van der Waals surface area contributed by atoms with Crippen LogP contribution in [0.15, 0.2) is 58.5 Å². The maximum atomic E-state index is 12.3. The van der Waals surface area contributed by atoms with Crippen molar-refractivity contribution in [2.24, 2.45) is 0 Å². The van der Waals surface area contributed by atoms with Gasteiger partial charge in [-0.25, -0.2) is 4.98 Å². The predicted octanol–water partition coefficient (Wildman–Crippen LogP) is 3.36. The van der Waals surface area contributed by atoms with Crippen molar-refractivity contribution in [2.45, 2.75) is 12.5 Å². The summed E-state index contributed by atoms with van der Waals surface area (Å²) in [5, 5.41) is 5.85. The summed E-state index contributed by atoms with van der Waals surface area (Å²) in [6.07, 6.45) is 1.93. The molecule has 6 heteroatoms. The third kappa shape index (κ3) is 4.55. The quantitative estimate of drug-likeness (QED) is 0.706. The Morgan fingerprint density at radius 3 is 2.72 bits per heavy atom. The average molecular weight is 355 g/mol. The maximum Gasteiger partial charge on any atom is 0.226 e. The zero-order valence-electron chi connectivity index (χ0n) is 14.3.